The van der Waals surface area contributed by atoms with Crippen molar-refractivity contribution in [3.8, 4) is 0 Å². The van der Waals surface area contributed by atoms with Crippen molar-refractivity contribution < 1.29 is 14.4 Å². The van der Waals surface area contributed by atoms with Gasteiger partial charge in [0.05, 0.1) is 6.04 Å². The molecule has 3 aromatic carbocycles. The molecule has 1 aliphatic heterocycles. The summed E-state index contributed by atoms with van der Waals surface area (Å²) in [4.78, 5) is 36.5. The van der Waals surface area contributed by atoms with Gasteiger partial charge in [0.2, 0.25) is 5.91 Å². The first-order chi connectivity index (χ1) is 19.1. The van der Waals surface area contributed by atoms with Crippen molar-refractivity contribution in [3.63, 3.8) is 0 Å². The second-order valence-electron chi connectivity index (χ2n) is 8.85. The molecular formula is C29H27N5O3S2. The zero-order chi connectivity index (χ0) is 27.2. The van der Waals surface area contributed by atoms with Gasteiger partial charge in [-0.2, -0.15) is 12.6 Å². The summed E-state index contributed by atoms with van der Waals surface area (Å²) < 4.78 is 0. The Balaban J connectivity index is 1.61. The van der Waals surface area contributed by atoms with E-state index in [0.717, 1.165) is 22.9 Å². The number of oxime groups is 1. The van der Waals surface area contributed by atoms with E-state index in [0.29, 0.717) is 16.7 Å². The highest BCUT2D eigenvalue weighted by Gasteiger charge is 2.46. The van der Waals surface area contributed by atoms with Crippen molar-refractivity contribution in [1.29, 1.82) is 0 Å². The Morgan fingerprint density at radius 3 is 2.05 bits per heavy atom. The summed E-state index contributed by atoms with van der Waals surface area (Å²) in [7, 11) is 1.35. The van der Waals surface area contributed by atoms with E-state index in [2.05, 4.69) is 64.8 Å². The van der Waals surface area contributed by atoms with Crippen molar-refractivity contribution in [3.05, 3.63) is 113 Å². The zero-order valence-electron chi connectivity index (χ0n) is 21.1. The van der Waals surface area contributed by atoms with Crippen molar-refractivity contribution in [1.82, 2.24) is 10.3 Å². The fraction of sp³-hybridized carbons (Fsp3) is 0.172. The number of amides is 2. The van der Waals surface area contributed by atoms with Gasteiger partial charge < -0.3 is 15.5 Å². The van der Waals surface area contributed by atoms with Crippen molar-refractivity contribution >= 4 is 52.9 Å². The summed E-state index contributed by atoms with van der Waals surface area (Å²) in [5, 5.41) is 12.4. The van der Waals surface area contributed by atoms with E-state index < -0.39 is 17.5 Å². The van der Waals surface area contributed by atoms with E-state index >= 15 is 0 Å². The minimum absolute atomic E-state index is 0.275. The highest BCUT2D eigenvalue weighted by Crippen LogP contribution is 2.41. The molecule has 2 N–H and O–H groups in total. The molecule has 1 aliphatic rings. The molecule has 2 amide bonds. The van der Waals surface area contributed by atoms with Crippen LogP contribution in [0.3, 0.4) is 0 Å². The summed E-state index contributed by atoms with van der Waals surface area (Å²) in [6, 6.07) is 29.4. The van der Waals surface area contributed by atoms with Crippen LogP contribution in [0.25, 0.3) is 0 Å². The molecule has 2 atom stereocenters. The lowest BCUT2D eigenvalue weighted by atomic mass is 9.77. The summed E-state index contributed by atoms with van der Waals surface area (Å²) in [6.07, 6.45) is 1.04. The maximum Gasteiger partial charge on any atom is 0.274 e. The molecular weight excluding hydrogens is 530 g/mol. The number of benzene rings is 3. The van der Waals surface area contributed by atoms with Gasteiger partial charge >= 0.3 is 0 Å². The molecule has 1 fully saturated rings. The number of nitrogens with zero attached hydrogens (tertiary/aromatic N) is 3. The Kier molecular flexibility index (Phi) is 7.94. The number of carbonyl (C=O) groups excluding carboxylic acids is 2. The fourth-order valence-corrected chi connectivity index (χ4v) is 5.84. The van der Waals surface area contributed by atoms with Gasteiger partial charge in [0.1, 0.15) is 30.7 Å². The molecule has 0 saturated carbocycles. The SMILES string of the molecule is CON=CC(=O)N(c1csc(NC(c2ccccc2)(c2ccccc2)c2ccccc2)n1)C1C(=O)NC1CS. The van der Waals surface area contributed by atoms with E-state index in [1.807, 2.05) is 54.6 Å². The first-order valence-electron chi connectivity index (χ1n) is 12.3. The number of nitrogens with one attached hydrogen (secondary N) is 2. The summed E-state index contributed by atoms with van der Waals surface area (Å²) in [5.74, 6) is -0.0795. The van der Waals surface area contributed by atoms with Crippen LogP contribution in [-0.2, 0) is 20.0 Å². The predicted molar refractivity (Wildman–Crippen MR) is 158 cm³/mol. The average molecular weight is 558 g/mol. The van der Waals surface area contributed by atoms with Gasteiger partial charge in [-0.25, -0.2) is 4.98 Å². The summed E-state index contributed by atoms with van der Waals surface area (Å²) in [5.41, 5.74) is 2.28. The monoisotopic (exact) mass is 557 g/mol. The van der Waals surface area contributed by atoms with Gasteiger partial charge in [-0.1, -0.05) is 96.2 Å². The molecule has 1 saturated heterocycles. The van der Waals surface area contributed by atoms with Crippen LogP contribution in [0.15, 0.2) is 102 Å². The normalized spacial score (nSPS) is 16.8. The second-order valence-corrected chi connectivity index (χ2v) is 10.1. The molecule has 5 rings (SSSR count). The lowest BCUT2D eigenvalue weighted by Crippen LogP contribution is -2.71. The quantitative estimate of drug-likeness (QED) is 0.0888. The van der Waals surface area contributed by atoms with Crippen LogP contribution in [0.4, 0.5) is 10.9 Å². The number of thiazole rings is 1. The molecule has 198 valence electrons. The molecule has 8 nitrogen and oxygen atoms in total. The lowest BCUT2D eigenvalue weighted by molar-refractivity contribution is -0.131. The van der Waals surface area contributed by atoms with E-state index in [9.17, 15) is 9.59 Å². The lowest BCUT2D eigenvalue weighted by Gasteiger charge is -2.41. The minimum atomic E-state index is -0.785. The third kappa shape index (κ3) is 5.13. The van der Waals surface area contributed by atoms with Gasteiger partial charge in [-0.3, -0.25) is 14.5 Å². The molecule has 2 heterocycles. The first kappa shape index (κ1) is 26.5. The number of rotatable bonds is 10. The van der Waals surface area contributed by atoms with Crippen LogP contribution in [0.5, 0.6) is 0 Å². The first-order valence-corrected chi connectivity index (χ1v) is 13.8. The van der Waals surface area contributed by atoms with E-state index in [1.54, 1.807) is 5.38 Å². The maximum absolute atomic E-state index is 13.1. The Labute approximate surface area is 236 Å². The van der Waals surface area contributed by atoms with Gasteiger partial charge in [-0.15, -0.1) is 11.3 Å². The van der Waals surface area contributed by atoms with Crippen LogP contribution in [-0.4, -0.2) is 48.0 Å². The van der Waals surface area contributed by atoms with Gasteiger partial charge in [0.25, 0.3) is 5.91 Å². The van der Waals surface area contributed by atoms with Crippen LogP contribution in [0.1, 0.15) is 16.7 Å². The third-order valence-electron chi connectivity index (χ3n) is 6.61. The molecule has 4 aromatic rings. The molecule has 0 radical (unpaired) electrons. The molecule has 0 bridgehead atoms. The van der Waals surface area contributed by atoms with E-state index in [1.165, 1.54) is 23.3 Å². The molecule has 10 heteroatoms. The standard InChI is InChI=1S/C29H27N5O3S2/c1-37-30-17-25(35)34(26-23(18-38)31-27(26)36)24-19-39-28(32-24)33-29(20-11-5-2-6-12-20,21-13-7-3-8-14-21)22-15-9-4-10-16-22/h2-17,19,23,26,38H,18H2,1H3,(H,31,36)(H,32,33). The van der Waals surface area contributed by atoms with Gasteiger partial charge in [0.15, 0.2) is 5.13 Å². The summed E-state index contributed by atoms with van der Waals surface area (Å²) in [6.45, 7) is 0. The molecule has 0 spiro atoms. The number of anilines is 2. The molecule has 1 aromatic heterocycles. The average Bonchev–Trinajstić information content (AvgIpc) is 3.45. The van der Waals surface area contributed by atoms with Crippen LogP contribution in [0, 0.1) is 0 Å². The smallest absolute Gasteiger partial charge is 0.274 e. The number of thiol groups is 1. The Morgan fingerprint density at radius 1 is 1.05 bits per heavy atom. The second kappa shape index (κ2) is 11.7. The van der Waals surface area contributed by atoms with Crippen LogP contribution < -0.4 is 15.5 Å². The summed E-state index contributed by atoms with van der Waals surface area (Å²) >= 11 is 5.68. The number of hydrogen-bond acceptors (Lipinski definition) is 8. The highest BCUT2D eigenvalue weighted by molar-refractivity contribution is 7.80. The third-order valence-corrected chi connectivity index (χ3v) is 7.75. The fourth-order valence-electron chi connectivity index (χ4n) is 4.80. The van der Waals surface area contributed by atoms with Gasteiger partial charge in [0, 0.05) is 11.1 Å². The van der Waals surface area contributed by atoms with Gasteiger partial charge in [-0.05, 0) is 16.7 Å². The van der Waals surface area contributed by atoms with Crippen LogP contribution in [0.2, 0.25) is 0 Å². The molecule has 2 unspecified atom stereocenters. The van der Waals surface area contributed by atoms with E-state index in [-0.39, 0.29) is 11.9 Å². The molecule has 0 aliphatic carbocycles. The number of β-lactam (4-membered cyclic amide) rings is 1. The van der Waals surface area contributed by atoms with Crippen molar-refractivity contribution in [2.75, 3.05) is 23.1 Å². The van der Waals surface area contributed by atoms with Crippen molar-refractivity contribution in [2.45, 2.75) is 17.6 Å². The van der Waals surface area contributed by atoms with E-state index in [4.69, 9.17) is 9.82 Å². The Hall–Kier alpha value is -4.15. The Morgan fingerprint density at radius 2 is 1.59 bits per heavy atom. The minimum Gasteiger partial charge on any atom is -0.399 e. The maximum atomic E-state index is 13.1. The number of aromatic nitrogens is 1. The topological polar surface area (TPSA) is 95.9 Å². The van der Waals surface area contributed by atoms with Crippen molar-refractivity contribution in [2.24, 2.45) is 5.16 Å². The largest absolute Gasteiger partial charge is 0.399 e. The number of hydrogen-bond donors (Lipinski definition) is 3. The number of carbonyl (C=O) groups is 2. The zero-order valence-corrected chi connectivity index (χ0v) is 22.8. The highest BCUT2D eigenvalue weighted by atomic mass is 32.1. The predicted octanol–water partition coefficient (Wildman–Crippen LogP) is 4.31. The Bertz CT molecular complexity index is 1350. The van der Waals surface area contributed by atoms with Crippen LogP contribution >= 0.6 is 24.0 Å². The molecule has 39 heavy (non-hydrogen) atoms.